The third-order valence-corrected chi connectivity index (χ3v) is 3.96. The zero-order chi connectivity index (χ0) is 16.4. The molecule has 0 radical (unpaired) electrons. The van der Waals surface area contributed by atoms with Crippen LogP contribution in [-0.4, -0.2) is 9.55 Å². The van der Waals surface area contributed by atoms with Crippen LogP contribution in [0.1, 0.15) is 5.82 Å². The Balaban J connectivity index is 1.98. The second-order valence-corrected chi connectivity index (χ2v) is 5.57. The molecule has 4 aromatic rings. The predicted octanol–water partition coefficient (Wildman–Crippen LogP) is 2.72. The Kier molecular flexibility index (Phi) is 3.63. The summed E-state index contributed by atoms with van der Waals surface area (Å²) < 4.78 is 3.71. The van der Waals surface area contributed by atoms with Gasteiger partial charge in [-0.15, -0.1) is 0 Å². The highest BCUT2D eigenvalue weighted by Gasteiger charge is 2.15. The highest BCUT2D eigenvalue weighted by atomic mass is 16.1. The van der Waals surface area contributed by atoms with Crippen LogP contribution in [0.2, 0.25) is 0 Å². The lowest BCUT2D eigenvalue weighted by Crippen LogP contribution is -2.37. The molecule has 0 aliphatic rings. The van der Waals surface area contributed by atoms with E-state index in [4.69, 9.17) is 4.98 Å². The van der Waals surface area contributed by atoms with E-state index in [-0.39, 0.29) is 5.56 Å². The first-order chi connectivity index (χ1) is 11.8. The van der Waals surface area contributed by atoms with Gasteiger partial charge in [0.2, 0.25) is 6.54 Å². The number of fused-ring (bicyclic) bond motifs is 1. The van der Waals surface area contributed by atoms with Crippen LogP contribution in [0.15, 0.2) is 90.0 Å². The van der Waals surface area contributed by atoms with E-state index in [1.54, 1.807) is 4.57 Å². The minimum absolute atomic E-state index is 0.0432. The van der Waals surface area contributed by atoms with Gasteiger partial charge in [-0.1, -0.05) is 36.4 Å². The van der Waals surface area contributed by atoms with Gasteiger partial charge in [0.1, 0.15) is 0 Å². The fourth-order valence-electron chi connectivity index (χ4n) is 2.83. The summed E-state index contributed by atoms with van der Waals surface area (Å²) in [5.74, 6) is 0.709. The van der Waals surface area contributed by atoms with Crippen molar-refractivity contribution < 1.29 is 4.57 Å². The summed E-state index contributed by atoms with van der Waals surface area (Å²) in [4.78, 5) is 17.8. The number of nitrogens with zero attached hydrogens (tertiary/aromatic N) is 3. The summed E-state index contributed by atoms with van der Waals surface area (Å²) in [5, 5.41) is 0.628. The normalized spacial score (nSPS) is 10.8. The molecular formula is C20H16N3O+. The number of benzene rings is 2. The molecule has 2 heterocycles. The Morgan fingerprint density at radius 2 is 1.50 bits per heavy atom. The van der Waals surface area contributed by atoms with Crippen molar-refractivity contribution in [2.45, 2.75) is 6.54 Å². The Morgan fingerprint density at radius 1 is 0.833 bits per heavy atom. The van der Waals surface area contributed by atoms with Gasteiger partial charge in [-0.2, -0.15) is 4.57 Å². The summed E-state index contributed by atoms with van der Waals surface area (Å²) in [7, 11) is 0. The van der Waals surface area contributed by atoms with Crippen LogP contribution in [0.25, 0.3) is 16.6 Å². The average molecular weight is 314 g/mol. The quantitative estimate of drug-likeness (QED) is 0.545. The molecule has 0 saturated heterocycles. The van der Waals surface area contributed by atoms with Crippen LogP contribution < -0.4 is 10.1 Å². The molecule has 4 rings (SSSR count). The van der Waals surface area contributed by atoms with Gasteiger partial charge in [0.15, 0.2) is 18.2 Å². The molecule has 0 unspecified atom stereocenters. The van der Waals surface area contributed by atoms with Crippen molar-refractivity contribution in [3.05, 3.63) is 101 Å². The fraction of sp³-hybridized carbons (Fsp3) is 0.0500. The molecule has 0 N–H and O–H groups in total. The van der Waals surface area contributed by atoms with Gasteiger partial charge in [0.25, 0.3) is 5.56 Å². The Labute approximate surface area is 139 Å². The van der Waals surface area contributed by atoms with Crippen molar-refractivity contribution in [3.8, 4) is 5.69 Å². The number of aromatic nitrogens is 3. The van der Waals surface area contributed by atoms with Gasteiger partial charge < -0.3 is 0 Å². The van der Waals surface area contributed by atoms with Crippen molar-refractivity contribution in [3.63, 3.8) is 0 Å². The van der Waals surface area contributed by atoms with E-state index in [0.29, 0.717) is 17.8 Å². The zero-order valence-corrected chi connectivity index (χ0v) is 13.0. The van der Waals surface area contributed by atoms with E-state index in [2.05, 4.69) is 0 Å². The van der Waals surface area contributed by atoms with E-state index in [1.165, 1.54) is 0 Å². The monoisotopic (exact) mass is 314 g/mol. The highest BCUT2D eigenvalue weighted by molar-refractivity contribution is 5.77. The molecule has 2 aromatic heterocycles. The molecule has 0 aliphatic carbocycles. The third-order valence-electron chi connectivity index (χ3n) is 3.96. The molecule has 0 amide bonds. The van der Waals surface area contributed by atoms with E-state index in [9.17, 15) is 4.79 Å². The molecule has 0 spiro atoms. The predicted molar refractivity (Wildman–Crippen MR) is 93.1 cm³/mol. The molecule has 4 heteroatoms. The van der Waals surface area contributed by atoms with E-state index >= 15 is 0 Å². The molecule has 2 aromatic carbocycles. The Morgan fingerprint density at radius 3 is 2.29 bits per heavy atom. The molecule has 116 valence electrons. The highest BCUT2D eigenvalue weighted by Crippen LogP contribution is 2.12. The Bertz CT molecular complexity index is 1040. The maximum absolute atomic E-state index is 13.1. The molecular weight excluding hydrogens is 298 g/mol. The zero-order valence-electron chi connectivity index (χ0n) is 13.0. The van der Waals surface area contributed by atoms with Crippen molar-refractivity contribution in [2.24, 2.45) is 0 Å². The number of hydrogen-bond donors (Lipinski definition) is 0. The Hall–Kier alpha value is -3.27. The van der Waals surface area contributed by atoms with Gasteiger partial charge in [0.05, 0.1) is 16.6 Å². The molecule has 0 bridgehead atoms. The molecule has 0 atom stereocenters. The molecule has 4 nitrogen and oxygen atoms in total. The number of rotatable bonds is 3. The number of para-hydroxylation sites is 2. The SMILES string of the molecule is O=c1c2ccccc2nc(C[n+]2ccccc2)n1-c1ccccc1. The van der Waals surface area contributed by atoms with Gasteiger partial charge in [-0.3, -0.25) is 9.36 Å². The summed E-state index contributed by atoms with van der Waals surface area (Å²) in [6.07, 6.45) is 3.94. The first-order valence-electron chi connectivity index (χ1n) is 7.83. The fourth-order valence-corrected chi connectivity index (χ4v) is 2.83. The first-order valence-corrected chi connectivity index (χ1v) is 7.83. The van der Waals surface area contributed by atoms with Crippen molar-refractivity contribution >= 4 is 10.9 Å². The van der Waals surface area contributed by atoms with E-state index < -0.39 is 0 Å². The topological polar surface area (TPSA) is 38.8 Å². The summed E-state index contributed by atoms with van der Waals surface area (Å²) in [5.41, 5.74) is 1.51. The van der Waals surface area contributed by atoms with Crippen LogP contribution in [0.3, 0.4) is 0 Å². The maximum Gasteiger partial charge on any atom is 0.266 e. The summed E-state index contributed by atoms with van der Waals surface area (Å²) in [6, 6.07) is 23.0. The standard InChI is InChI=1S/C20H16N3O/c24-20-17-11-5-6-12-18(17)21-19(15-22-13-7-2-8-14-22)23(20)16-9-3-1-4-10-16/h1-14H,15H2/q+1. The molecule has 0 saturated carbocycles. The third kappa shape index (κ3) is 2.58. The average Bonchev–Trinajstić information content (AvgIpc) is 2.64. The van der Waals surface area contributed by atoms with Crippen LogP contribution in [0, 0.1) is 0 Å². The molecule has 0 aliphatic heterocycles. The van der Waals surface area contributed by atoms with Crippen LogP contribution in [0.5, 0.6) is 0 Å². The molecule has 24 heavy (non-hydrogen) atoms. The van der Waals surface area contributed by atoms with Crippen molar-refractivity contribution in [1.29, 1.82) is 0 Å². The minimum atomic E-state index is -0.0432. The second kappa shape index (κ2) is 6.08. The molecule has 0 fully saturated rings. The maximum atomic E-state index is 13.1. The van der Waals surface area contributed by atoms with Gasteiger partial charge >= 0.3 is 0 Å². The van der Waals surface area contributed by atoms with Crippen molar-refractivity contribution in [1.82, 2.24) is 9.55 Å². The number of pyridine rings is 1. The van der Waals surface area contributed by atoms with Crippen LogP contribution >= 0.6 is 0 Å². The van der Waals surface area contributed by atoms with Crippen LogP contribution in [0.4, 0.5) is 0 Å². The van der Waals surface area contributed by atoms with Gasteiger partial charge in [-0.25, -0.2) is 4.98 Å². The lowest BCUT2D eigenvalue weighted by atomic mass is 10.2. The smallest absolute Gasteiger partial charge is 0.266 e. The summed E-state index contributed by atoms with van der Waals surface area (Å²) in [6.45, 7) is 0.524. The largest absolute Gasteiger partial charge is 0.268 e. The lowest BCUT2D eigenvalue weighted by Gasteiger charge is -2.11. The van der Waals surface area contributed by atoms with Crippen molar-refractivity contribution in [2.75, 3.05) is 0 Å². The second-order valence-electron chi connectivity index (χ2n) is 5.57. The summed E-state index contributed by atoms with van der Waals surface area (Å²) >= 11 is 0. The number of hydrogen-bond acceptors (Lipinski definition) is 2. The minimum Gasteiger partial charge on any atom is -0.268 e. The first kappa shape index (κ1) is 14.3. The van der Waals surface area contributed by atoms with Gasteiger partial charge in [0, 0.05) is 12.1 Å². The van der Waals surface area contributed by atoms with E-state index in [0.717, 1.165) is 11.2 Å². The van der Waals surface area contributed by atoms with E-state index in [1.807, 2.05) is 89.8 Å². The lowest BCUT2D eigenvalue weighted by molar-refractivity contribution is -0.689. The van der Waals surface area contributed by atoms with Crippen LogP contribution in [-0.2, 0) is 6.54 Å². The van der Waals surface area contributed by atoms with Gasteiger partial charge in [-0.05, 0) is 24.3 Å².